The van der Waals surface area contributed by atoms with E-state index in [1.54, 1.807) is 12.1 Å². The molecule has 0 saturated carbocycles. The molecule has 5 heteroatoms. The van der Waals surface area contributed by atoms with Crippen molar-refractivity contribution in [1.82, 2.24) is 10.2 Å². The monoisotopic (exact) mass is 258 g/mol. The van der Waals surface area contributed by atoms with Crippen LogP contribution in [0.1, 0.15) is 10.4 Å². The van der Waals surface area contributed by atoms with Crippen LogP contribution >= 0.6 is 27.5 Å². The number of aromatic amines is 1. The summed E-state index contributed by atoms with van der Waals surface area (Å²) in [6.45, 7) is 0. The van der Waals surface area contributed by atoms with Gasteiger partial charge < -0.3 is 0 Å². The number of H-pyrrole nitrogens is 1. The smallest absolute Gasteiger partial charge is 0.152 e. The van der Waals surface area contributed by atoms with Gasteiger partial charge in [0, 0.05) is 16.0 Å². The van der Waals surface area contributed by atoms with E-state index < -0.39 is 0 Å². The summed E-state index contributed by atoms with van der Waals surface area (Å²) in [5.74, 6) is 0. The minimum absolute atomic E-state index is 0.490. The highest BCUT2D eigenvalue weighted by atomic mass is 79.9. The molecule has 0 bridgehead atoms. The van der Waals surface area contributed by atoms with E-state index in [-0.39, 0.29) is 0 Å². The van der Waals surface area contributed by atoms with Gasteiger partial charge in [0.1, 0.15) is 10.1 Å². The maximum atomic E-state index is 10.7. The first-order valence-electron chi connectivity index (χ1n) is 3.50. The number of nitrogens with zero attached hydrogens (tertiary/aromatic N) is 1. The van der Waals surface area contributed by atoms with Crippen LogP contribution in [-0.4, -0.2) is 16.5 Å². The Morgan fingerprint density at radius 1 is 1.54 bits per heavy atom. The fraction of sp³-hybridized carbons (Fsp3) is 0. The van der Waals surface area contributed by atoms with Crippen LogP contribution < -0.4 is 0 Å². The molecule has 66 valence electrons. The van der Waals surface area contributed by atoms with Crippen molar-refractivity contribution in [2.24, 2.45) is 0 Å². The Kier molecular flexibility index (Phi) is 2.09. The predicted octanol–water partition coefficient (Wildman–Crippen LogP) is 2.79. The number of benzene rings is 1. The first-order valence-corrected chi connectivity index (χ1v) is 4.68. The lowest BCUT2D eigenvalue weighted by Crippen LogP contribution is -1.82. The van der Waals surface area contributed by atoms with Gasteiger partial charge in [-0.05, 0) is 28.1 Å². The SMILES string of the molecule is O=Cc1cc(Cl)cc2c(Br)[nH]nc12. The zero-order chi connectivity index (χ0) is 9.42. The number of fused-ring (bicyclic) bond motifs is 1. The van der Waals surface area contributed by atoms with Crippen LogP contribution in [0.3, 0.4) is 0 Å². The molecule has 0 unspecified atom stereocenters. The van der Waals surface area contributed by atoms with Crippen LogP contribution in [0.15, 0.2) is 16.7 Å². The first-order chi connectivity index (χ1) is 6.22. The third-order valence-corrected chi connectivity index (χ3v) is 2.56. The number of halogens is 2. The normalized spacial score (nSPS) is 10.6. The van der Waals surface area contributed by atoms with Crippen molar-refractivity contribution in [3.8, 4) is 0 Å². The molecule has 1 heterocycles. The highest BCUT2D eigenvalue weighted by Gasteiger charge is 2.08. The van der Waals surface area contributed by atoms with E-state index in [0.29, 0.717) is 16.1 Å². The van der Waals surface area contributed by atoms with E-state index in [0.717, 1.165) is 16.3 Å². The van der Waals surface area contributed by atoms with Gasteiger partial charge in [0.05, 0.1) is 0 Å². The molecule has 0 aliphatic heterocycles. The van der Waals surface area contributed by atoms with Gasteiger partial charge in [-0.3, -0.25) is 9.89 Å². The minimum Gasteiger partial charge on any atom is -0.298 e. The quantitative estimate of drug-likeness (QED) is 0.801. The Bertz CT molecular complexity index is 480. The largest absolute Gasteiger partial charge is 0.298 e. The Morgan fingerprint density at radius 2 is 2.31 bits per heavy atom. The maximum Gasteiger partial charge on any atom is 0.152 e. The maximum absolute atomic E-state index is 10.7. The standard InChI is InChI=1S/C8H4BrClN2O/c9-8-6-2-5(10)1-4(3-13)7(6)11-12-8/h1-3H,(H,11,12). The number of aromatic nitrogens is 2. The summed E-state index contributed by atoms with van der Waals surface area (Å²) in [5, 5.41) is 8.04. The summed E-state index contributed by atoms with van der Waals surface area (Å²) in [6, 6.07) is 3.33. The van der Waals surface area contributed by atoms with Gasteiger partial charge in [0.15, 0.2) is 6.29 Å². The number of hydrogen-bond donors (Lipinski definition) is 1. The highest BCUT2D eigenvalue weighted by molar-refractivity contribution is 9.10. The van der Waals surface area contributed by atoms with Crippen LogP contribution in [-0.2, 0) is 0 Å². The van der Waals surface area contributed by atoms with Crippen LogP contribution in [0.4, 0.5) is 0 Å². The number of nitrogens with one attached hydrogen (secondary N) is 1. The number of carbonyl (C=O) groups is 1. The summed E-state index contributed by atoms with van der Waals surface area (Å²) in [4.78, 5) is 10.7. The summed E-state index contributed by atoms with van der Waals surface area (Å²) in [5.41, 5.74) is 1.12. The van der Waals surface area contributed by atoms with E-state index in [4.69, 9.17) is 11.6 Å². The van der Waals surface area contributed by atoms with Crippen LogP contribution in [0, 0.1) is 0 Å². The molecule has 1 aromatic heterocycles. The number of hydrogen-bond acceptors (Lipinski definition) is 2. The number of rotatable bonds is 1. The molecule has 3 nitrogen and oxygen atoms in total. The summed E-state index contributed by atoms with van der Waals surface area (Å²) < 4.78 is 0.730. The molecule has 0 fully saturated rings. The molecule has 0 aliphatic rings. The van der Waals surface area contributed by atoms with Gasteiger partial charge in [0.2, 0.25) is 0 Å². The molecule has 0 aliphatic carbocycles. The summed E-state index contributed by atoms with van der Waals surface area (Å²) >= 11 is 9.08. The van der Waals surface area contributed by atoms with E-state index in [2.05, 4.69) is 26.1 Å². The van der Waals surface area contributed by atoms with Gasteiger partial charge in [-0.15, -0.1) is 0 Å². The lowest BCUT2D eigenvalue weighted by atomic mass is 10.2. The van der Waals surface area contributed by atoms with Crippen molar-refractivity contribution in [2.75, 3.05) is 0 Å². The fourth-order valence-corrected chi connectivity index (χ4v) is 1.79. The average Bonchev–Trinajstić information content (AvgIpc) is 2.47. The van der Waals surface area contributed by atoms with Crippen molar-refractivity contribution >= 4 is 44.7 Å². The van der Waals surface area contributed by atoms with Crippen molar-refractivity contribution in [3.05, 3.63) is 27.3 Å². The summed E-state index contributed by atoms with van der Waals surface area (Å²) in [6.07, 6.45) is 0.738. The Hall–Kier alpha value is -0.870. The molecule has 0 radical (unpaired) electrons. The molecule has 2 aromatic rings. The number of carbonyl (C=O) groups excluding carboxylic acids is 1. The van der Waals surface area contributed by atoms with E-state index in [9.17, 15) is 4.79 Å². The van der Waals surface area contributed by atoms with Gasteiger partial charge in [0.25, 0.3) is 0 Å². The van der Waals surface area contributed by atoms with Gasteiger partial charge >= 0.3 is 0 Å². The molecular formula is C8H4BrClN2O. The highest BCUT2D eigenvalue weighted by Crippen LogP contribution is 2.26. The van der Waals surface area contributed by atoms with Gasteiger partial charge in [-0.2, -0.15) is 5.10 Å². The van der Waals surface area contributed by atoms with Crippen LogP contribution in [0.25, 0.3) is 10.9 Å². The topological polar surface area (TPSA) is 45.8 Å². The average molecular weight is 259 g/mol. The lowest BCUT2D eigenvalue weighted by molar-refractivity contribution is 0.112. The molecule has 1 aromatic carbocycles. The molecule has 0 spiro atoms. The molecule has 0 saturated heterocycles. The zero-order valence-corrected chi connectivity index (χ0v) is 8.69. The second kappa shape index (κ2) is 3.12. The first kappa shape index (κ1) is 8.72. The third-order valence-electron chi connectivity index (χ3n) is 1.73. The van der Waals surface area contributed by atoms with Crippen LogP contribution in [0.5, 0.6) is 0 Å². The predicted molar refractivity (Wildman–Crippen MR) is 54.2 cm³/mol. The molecule has 2 rings (SSSR count). The van der Waals surface area contributed by atoms with Crippen molar-refractivity contribution in [2.45, 2.75) is 0 Å². The second-order valence-corrected chi connectivity index (χ2v) is 3.78. The number of aldehydes is 1. The van der Waals surface area contributed by atoms with Crippen molar-refractivity contribution < 1.29 is 4.79 Å². The Balaban J connectivity index is 2.91. The van der Waals surface area contributed by atoms with Gasteiger partial charge in [-0.1, -0.05) is 11.6 Å². The molecule has 1 N–H and O–H groups in total. The Morgan fingerprint density at radius 3 is 3.00 bits per heavy atom. The fourth-order valence-electron chi connectivity index (χ4n) is 1.17. The molecule has 13 heavy (non-hydrogen) atoms. The minimum atomic E-state index is 0.490. The van der Waals surface area contributed by atoms with Crippen LogP contribution in [0.2, 0.25) is 5.02 Å². The van der Waals surface area contributed by atoms with E-state index in [1.807, 2.05) is 0 Å². The van der Waals surface area contributed by atoms with E-state index >= 15 is 0 Å². The molecule has 0 atom stereocenters. The summed E-state index contributed by atoms with van der Waals surface area (Å²) in [7, 11) is 0. The van der Waals surface area contributed by atoms with Gasteiger partial charge in [-0.25, -0.2) is 0 Å². The van der Waals surface area contributed by atoms with Crippen molar-refractivity contribution in [3.63, 3.8) is 0 Å². The van der Waals surface area contributed by atoms with E-state index in [1.165, 1.54) is 0 Å². The molecular weight excluding hydrogens is 255 g/mol. The lowest BCUT2D eigenvalue weighted by Gasteiger charge is -1.94. The van der Waals surface area contributed by atoms with Crippen molar-refractivity contribution in [1.29, 1.82) is 0 Å². The zero-order valence-electron chi connectivity index (χ0n) is 6.34. The molecule has 0 amide bonds. The second-order valence-electron chi connectivity index (χ2n) is 2.55. The Labute approximate surface area is 87.2 Å². The third kappa shape index (κ3) is 1.36.